The Kier molecular flexibility index (Phi) is 5.24. The SMILES string of the molecule is CCCN1C(C)CN(S(=O)(=O)Nc2ccccc2)CC1C. The van der Waals surface area contributed by atoms with Crippen LogP contribution < -0.4 is 4.72 Å². The fraction of sp³-hybridized carbons (Fsp3) is 0.600. The molecule has 1 aliphatic rings. The number of rotatable bonds is 5. The van der Waals surface area contributed by atoms with Crippen molar-refractivity contribution in [2.45, 2.75) is 39.3 Å². The van der Waals surface area contributed by atoms with E-state index in [9.17, 15) is 8.42 Å². The third kappa shape index (κ3) is 3.96. The molecule has 2 atom stereocenters. The number of piperazine rings is 1. The number of nitrogens with one attached hydrogen (secondary N) is 1. The molecule has 1 fully saturated rings. The van der Waals surface area contributed by atoms with Crippen molar-refractivity contribution >= 4 is 15.9 Å². The van der Waals surface area contributed by atoms with Crippen LogP contribution in [0.25, 0.3) is 0 Å². The van der Waals surface area contributed by atoms with Crippen molar-refractivity contribution in [1.82, 2.24) is 9.21 Å². The maximum atomic E-state index is 12.5. The second-order valence-corrected chi connectivity index (χ2v) is 7.40. The average molecular weight is 311 g/mol. The standard InChI is InChI=1S/C15H25N3O2S/c1-4-10-18-13(2)11-17(12-14(18)3)21(19,20)16-15-8-6-5-7-9-15/h5-9,13-14,16H,4,10-12H2,1-3H3. The van der Waals surface area contributed by atoms with E-state index in [0.717, 1.165) is 13.0 Å². The van der Waals surface area contributed by atoms with Crippen LogP contribution >= 0.6 is 0 Å². The van der Waals surface area contributed by atoms with Crippen molar-refractivity contribution < 1.29 is 8.42 Å². The molecule has 6 heteroatoms. The Morgan fingerprint density at radius 3 is 2.24 bits per heavy atom. The summed E-state index contributed by atoms with van der Waals surface area (Å²) in [6, 6.07) is 9.51. The zero-order valence-electron chi connectivity index (χ0n) is 13.0. The van der Waals surface area contributed by atoms with Crippen LogP contribution in [0.2, 0.25) is 0 Å². The number of benzene rings is 1. The molecular weight excluding hydrogens is 286 g/mol. The van der Waals surface area contributed by atoms with Crippen LogP contribution in [-0.4, -0.2) is 49.3 Å². The lowest BCUT2D eigenvalue weighted by Crippen LogP contribution is -2.58. The van der Waals surface area contributed by atoms with Gasteiger partial charge in [0.2, 0.25) is 0 Å². The summed E-state index contributed by atoms with van der Waals surface area (Å²) in [6.45, 7) is 8.42. The summed E-state index contributed by atoms with van der Waals surface area (Å²) in [6.07, 6.45) is 1.09. The molecule has 0 bridgehead atoms. The summed E-state index contributed by atoms with van der Waals surface area (Å²) in [5.41, 5.74) is 0.605. The number of anilines is 1. The van der Waals surface area contributed by atoms with Gasteiger partial charge in [-0.1, -0.05) is 25.1 Å². The molecule has 0 spiro atoms. The molecule has 1 aromatic carbocycles. The van der Waals surface area contributed by atoms with E-state index in [2.05, 4.69) is 30.4 Å². The second kappa shape index (κ2) is 6.77. The second-order valence-electron chi connectivity index (χ2n) is 5.73. The maximum Gasteiger partial charge on any atom is 0.301 e. The van der Waals surface area contributed by atoms with Crippen LogP contribution in [0.5, 0.6) is 0 Å². The first-order chi connectivity index (χ1) is 9.94. The molecule has 0 amide bonds. The largest absolute Gasteiger partial charge is 0.301 e. The molecule has 1 N–H and O–H groups in total. The van der Waals surface area contributed by atoms with Crippen molar-refractivity contribution in [1.29, 1.82) is 0 Å². The summed E-state index contributed by atoms with van der Waals surface area (Å²) in [4.78, 5) is 2.38. The lowest BCUT2D eigenvalue weighted by atomic mass is 10.1. The smallest absolute Gasteiger partial charge is 0.295 e. The normalized spacial score (nSPS) is 24.9. The minimum atomic E-state index is -3.48. The van der Waals surface area contributed by atoms with Gasteiger partial charge in [0.05, 0.1) is 0 Å². The van der Waals surface area contributed by atoms with E-state index in [0.29, 0.717) is 18.8 Å². The highest BCUT2D eigenvalue weighted by molar-refractivity contribution is 7.90. The Balaban J connectivity index is 2.08. The van der Waals surface area contributed by atoms with Crippen LogP contribution in [0.1, 0.15) is 27.2 Å². The summed E-state index contributed by atoms with van der Waals surface area (Å²) >= 11 is 0. The van der Waals surface area contributed by atoms with Crippen molar-refractivity contribution in [2.24, 2.45) is 0 Å². The van der Waals surface area contributed by atoms with Gasteiger partial charge in [-0.3, -0.25) is 9.62 Å². The zero-order valence-corrected chi connectivity index (χ0v) is 13.8. The molecule has 0 aliphatic carbocycles. The van der Waals surface area contributed by atoms with E-state index in [1.807, 2.05) is 18.2 Å². The Morgan fingerprint density at radius 2 is 1.71 bits per heavy atom. The maximum absolute atomic E-state index is 12.5. The third-order valence-corrected chi connectivity index (χ3v) is 5.38. The van der Waals surface area contributed by atoms with Gasteiger partial charge in [0.25, 0.3) is 0 Å². The molecule has 1 saturated heterocycles. The van der Waals surface area contributed by atoms with Gasteiger partial charge in [0.15, 0.2) is 0 Å². The number of hydrogen-bond donors (Lipinski definition) is 1. The van der Waals surface area contributed by atoms with Crippen molar-refractivity contribution in [3.05, 3.63) is 30.3 Å². The predicted octanol–water partition coefficient (Wildman–Crippen LogP) is 2.15. The first kappa shape index (κ1) is 16.3. The van der Waals surface area contributed by atoms with Crippen LogP contribution in [0.4, 0.5) is 5.69 Å². The molecule has 0 aromatic heterocycles. The van der Waals surface area contributed by atoms with E-state index in [-0.39, 0.29) is 12.1 Å². The average Bonchev–Trinajstić information content (AvgIpc) is 2.43. The van der Waals surface area contributed by atoms with E-state index in [1.54, 1.807) is 16.4 Å². The molecule has 5 nitrogen and oxygen atoms in total. The Bertz CT molecular complexity index is 535. The lowest BCUT2D eigenvalue weighted by molar-refractivity contribution is 0.0776. The summed E-state index contributed by atoms with van der Waals surface area (Å²) in [5.74, 6) is 0. The van der Waals surface area contributed by atoms with Gasteiger partial charge in [-0.25, -0.2) is 0 Å². The van der Waals surface area contributed by atoms with Gasteiger partial charge in [-0.15, -0.1) is 0 Å². The minimum absolute atomic E-state index is 0.237. The quantitative estimate of drug-likeness (QED) is 0.906. The lowest BCUT2D eigenvalue weighted by Gasteiger charge is -2.43. The number of hydrogen-bond acceptors (Lipinski definition) is 3. The first-order valence-corrected chi connectivity index (χ1v) is 8.96. The number of para-hydroxylation sites is 1. The van der Waals surface area contributed by atoms with Crippen molar-refractivity contribution in [3.8, 4) is 0 Å². The van der Waals surface area contributed by atoms with Gasteiger partial charge in [-0.05, 0) is 38.9 Å². The third-order valence-electron chi connectivity index (χ3n) is 3.91. The molecule has 0 radical (unpaired) electrons. The highest BCUT2D eigenvalue weighted by Gasteiger charge is 2.34. The molecule has 21 heavy (non-hydrogen) atoms. The van der Waals surface area contributed by atoms with Crippen LogP contribution in [0.15, 0.2) is 30.3 Å². The van der Waals surface area contributed by atoms with E-state index < -0.39 is 10.2 Å². The monoisotopic (exact) mass is 311 g/mol. The molecule has 2 rings (SSSR count). The summed E-state index contributed by atoms with van der Waals surface area (Å²) in [7, 11) is -3.48. The number of nitrogens with zero attached hydrogens (tertiary/aromatic N) is 2. The highest BCUT2D eigenvalue weighted by atomic mass is 32.2. The topological polar surface area (TPSA) is 52.7 Å². The van der Waals surface area contributed by atoms with Gasteiger partial charge in [-0.2, -0.15) is 12.7 Å². The highest BCUT2D eigenvalue weighted by Crippen LogP contribution is 2.20. The van der Waals surface area contributed by atoms with E-state index in [4.69, 9.17) is 0 Å². The van der Waals surface area contributed by atoms with Crippen LogP contribution in [0, 0.1) is 0 Å². The molecule has 1 aromatic rings. The van der Waals surface area contributed by atoms with Crippen LogP contribution in [0.3, 0.4) is 0 Å². The fourth-order valence-corrected chi connectivity index (χ4v) is 4.31. The summed E-state index contributed by atoms with van der Waals surface area (Å²) < 4.78 is 29.2. The molecule has 2 unspecified atom stereocenters. The molecule has 118 valence electrons. The van der Waals surface area contributed by atoms with E-state index >= 15 is 0 Å². The van der Waals surface area contributed by atoms with E-state index in [1.165, 1.54) is 0 Å². The fourth-order valence-electron chi connectivity index (χ4n) is 2.92. The molecule has 1 aliphatic heterocycles. The van der Waals surface area contributed by atoms with Crippen LogP contribution in [-0.2, 0) is 10.2 Å². The molecule has 1 heterocycles. The van der Waals surface area contributed by atoms with Crippen molar-refractivity contribution in [3.63, 3.8) is 0 Å². The van der Waals surface area contributed by atoms with Crippen molar-refractivity contribution in [2.75, 3.05) is 24.4 Å². The predicted molar refractivity (Wildman–Crippen MR) is 86.5 cm³/mol. The Labute approximate surface area is 128 Å². The Morgan fingerprint density at radius 1 is 1.14 bits per heavy atom. The summed E-state index contributed by atoms with van der Waals surface area (Å²) in [5, 5.41) is 0. The Hall–Kier alpha value is -1.11. The molecular formula is C15H25N3O2S. The van der Waals surface area contributed by atoms with Gasteiger partial charge in [0.1, 0.15) is 0 Å². The van der Waals surface area contributed by atoms with Gasteiger partial charge < -0.3 is 0 Å². The first-order valence-electron chi connectivity index (χ1n) is 7.52. The molecule has 0 saturated carbocycles. The zero-order chi connectivity index (χ0) is 15.5. The van der Waals surface area contributed by atoms with Gasteiger partial charge in [0, 0.05) is 30.9 Å². The minimum Gasteiger partial charge on any atom is -0.295 e. The van der Waals surface area contributed by atoms with Gasteiger partial charge >= 0.3 is 10.2 Å².